The number of halogens is 3. The van der Waals surface area contributed by atoms with Crippen molar-refractivity contribution in [3.05, 3.63) is 42.1 Å². The van der Waals surface area contributed by atoms with Crippen LogP contribution in [-0.2, 0) is 11.0 Å². The van der Waals surface area contributed by atoms with Crippen molar-refractivity contribution in [2.45, 2.75) is 31.1 Å². The van der Waals surface area contributed by atoms with E-state index in [0.717, 1.165) is 30.7 Å². The molecule has 1 amide bonds. The summed E-state index contributed by atoms with van der Waals surface area (Å²) in [6.07, 6.45) is -2.77. The highest BCUT2D eigenvalue weighted by Crippen LogP contribution is 2.31. The first-order chi connectivity index (χ1) is 11.9. The number of unbranched alkanes of at least 4 members (excludes halogenated alkanes) is 1. The second kappa shape index (κ2) is 8.84. The van der Waals surface area contributed by atoms with Crippen LogP contribution in [0.4, 0.5) is 13.2 Å². The summed E-state index contributed by atoms with van der Waals surface area (Å²) in [7, 11) is 0. The third-order valence-electron chi connectivity index (χ3n) is 3.25. The van der Waals surface area contributed by atoms with Crippen molar-refractivity contribution in [1.82, 2.24) is 15.3 Å². The maximum Gasteiger partial charge on any atom is 0.433 e. The lowest BCUT2D eigenvalue weighted by atomic mass is 10.1. The molecule has 1 heterocycles. The van der Waals surface area contributed by atoms with Gasteiger partial charge in [0.25, 0.3) is 0 Å². The van der Waals surface area contributed by atoms with E-state index in [9.17, 15) is 18.0 Å². The number of nitrogens with one attached hydrogen (secondary N) is 1. The Morgan fingerprint density at radius 2 is 1.92 bits per heavy atom. The number of carbonyl (C=O) groups is 1. The van der Waals surface area contributed by atoms with Crippen molar-refractivity contribution >= 4 is 17.7 Å². The summed E-state index contributed by atoms with van der Waals surface area (Å²) >= 11 is 0.891. The molecule has 0 aliphatic carbocycles. The van der Waals surface area contributed by atoms with Gasteiger partial charge in [-0.2, -0.15) is 13.2 Å². The fourth-order valence-electron chi connectivity index (χ4n) is 1.98. The summed E-state index contributed by atoms with van der Waals surface area (Å²) in [4.78, 5) is 19.4. The van der Waals surface area contributed by atoms with E-state index in [1.165, 1.54) is 0 Å². The SMILES string of the molecule is CCCCNC(=O)CSc1nc(-c2ccccc2)cc(C(F)(F)F)n1. The third-order valence-corrected chi connectivity index (χ3v) is 4.10. The second-order valence-corrected chi connectivity index (χ2v) is 6.22. The summed E-state index contributed by atoms with van der Waals surface area (Å²) in [5.74, 6) is -0.278. The molecule has 8 heteroatoms. The second-order valence-electron chi connectivity index (χ2n) is 5.28. The molecule has 25 heavy (non-hydrogen) atoms. The molecule has 2 aromatic rings. The lowest BCUT2D eigenvalue weighted by Crippen LogP contribution is -2.26. The van der Waals surface area contributed by atoms with E-state index in [1.54, 1.807) is 30.3 Å². The number of alkyl halides is 3. The quantitative estimate of drug-likeness (QED) is 0.452. The van der Waals surface area contributed by atoms with Gasteiger partial charge in [0.15, 0.2) is 5.16 Å². The van der Waals surface area contributed by atoms with Gasteiger partial charge in [0, 0.05) is 12.1 Å². The summed E-state index contributed by atoms with van der Waals surface area (Å²) in [5, 5.41) is 2.64. The largest absolute Gasteiger partial charge is 0.433 e. The Morgan fingerprint density at radius 3 is 2.56 bits per heavy atom. The van der Waals surface area contributed by atoms with Gasteiger partial charge in [-0.1, -0.05) is 55.4 Å². The Bertz CT molecular complexity index is 708. The van der Waals surface area contributed by atoms with Gasteiger partial charge in [0.2, 0.25) is 5.91 Å². The van der Waals surface area contributed by atoms with Crippen molar-refractivity contribution in [3.8, 4) is 11.3 Å². The maximum absolute atomic E-state index is 13.1. The third kappa shape index (κ3) is 6.04. The predicted octanol–water partition coefficient (Wildman–Crippen LogP) is 4.17. The van der Waals surface area contributed by atoms with Gasteiger partial charge in [-0.05, 0) is 12.5 Å². The Labute approximate surface area is 148 Å². The summed E-state index contributed by atoms with van der Waals surface area (Å²) in [6, 6.07) is 9.48. The minimum atomic E-state index is -4.58. The molecular weight excluding hydrogens is 351 g/mol. The molecule has 1 aromatic carbocycles. The van der Waals surface area contributed by atoms with Gasteiger partial charge >= 0.3 is 6.18 Å². The number of hydrogen-bond donors (Lipinski definition) is 1. The number of thioether (sulfide) groups is 1. The van der Waals surface area contributed by atoms with Crippen LogP contribution in [0.1, 0.15) is 25.5 Å². The number of amides is 1. The first-order valence-corrected chi connectivity index (χ1v) is 8.80. The molecule has 0 fully saturated rings. The lowest BCUT2D eigenvalue weighted by Gasteiger charge is -2.10. The van der Waals surface area contributed by atoms with Crippen LogP contribution in [0.25, 0.3) is 11.3 Å². The van der Waals surface area contributed by atoms with E-state index in [1.807, 2.05) is 6.92 Å². The summed E-state index contributed by atoms with van der Waals surface area (Å²) in [5.41, 5.74) is -0.281. The Balaban J connectivity index is 2.18. The monoisotopic (exact) mass is 369 g/mol. The van der Waals surface area contributed by atoms with Crippen molar-refractivity contribution in [2.75, 3.05) is 12.3 Å². The van der Waals surface area contributed by atoms with Crippen LogP contribution < -0.4 is 5.32 Å². The number of aromatic nitrogens is 2. The van der Waals surface area contributed by atoms with Crippen LogP contribution >= 0.6 is 11.8 Å². The highest BCUT2D eigenvalue weighted by Gasteiger charge is 2.33. The van der Waals surface area contributed by atoms with E-state index in [4.69, 9.17) is 0 Å². The van der Waals surface area contributed by atoms with Crippen LogP contribution in [0.3, 0.4) is 0 Å². The molecular formula is C17H18F3N3OS. The molecule has 0 saturated heterocycles. The molecule has 0 aliphatic heterocycles. The van der Waals surface area contributed by atoms with E-state index in [0.29, 0.717) is 12.1 Å². The first-order valence-electron chi connectivity index (χ1n) is 7.81. The van der Waals surface area contributed by atoms with Gasteiger partial charge in [-0.25, -0.2) is 9.97 Å². The molecule has 0 bridgehead atoms. The van der Waals surface area contributed by atoms with Gasteiger partial charge in [-0.3, -0.25) is 4.79 Å². The first kappa shape index (κ1) is 19.2. The number of carbonyl (C=O) groups excluding carboxylic acids is 1. The molecule has 0 saturated carbocycles. The molecule has 134 valence electrons. The molecule has 1 aromatic heterocycles. The standard InChI is InChI=1S/C17H18F3N3OS/c1-2-3-9-21-15(24)11-25-16-22-13(12-7-5-4-6-8-12)10-14(23-16)17(18,19)20/h4-8,10H,2-3,9,11H2,1H3,(H,21,24). The van der Waals surface area contributed by atoms with Crippen molar-refractivity contribution in [3.63, 3.8) is 0 Å². The molecule has 0 aliphatic rings. The van der Waals surface area contributed by atoms with Crippen LogP contribution in [0.2, 0.25) is 0 Å². The molecule has 0 atom stereocenters. The summed E-state index contributed by atoms with van der Waals surface area (Å²) in [6.45, 7) is 2.55. The van der Waals surface area contributed by atoms with Crippen LogP contribution in [0, 0.1) is 0 Å². The average Bonchev–Trinajstić information content (AvgIpc) is 2.60. The zero-order valence-corrected chi connectivity index (χ0v) is 14.5. The molecule has 0 spiro atoms. The van der Waals surface area contributed by atoms with Gasteiger partial charge < -0.3 is 5.32 Å². The summed E-state index contributed by atoms with van der Waals surface area (Å²) < 4.78 is 39.3. The van der Waals surface area contributed by atoms with Crippen molar-refractivity contribution in [2.24, 2.45) is 0 Å². The number of nitrogens with zero attached hydrogens (tertiary/aromatic N) is 2. The number of hydrogen-bond acceptors (Lipinski definition) is 4. The fraction of sp³-hybridized carbons (Fsp3) is 0.353. The van der Waals surface area contributed by atoms with Crippen LogP contribution in [0.5, 0.6) is 0 Å². The smallest absolute Gasteiger partial charge is 0.355 e. The van der Waals surface area contributed by atoms with E-state index in [-0.39, 0.29) is 22.5 Å². The average molecular weight is 369 g/mol. The minimum Gasteiger partial charge on any atom is -0.355 e. The molecule has 0 radical (unpaired) electrons. The zero-order valence-electron chi connectivity index (χ0n) is 13.6. The van der Waals surface area contributed by atoms with Crippen LogP contribution in [0.15, 0.2) is 41.6 Å². The van der Waals surface area contributed by atoms with E-state index < -0.39 is 11.9 Å². The Kier molecular flexibility index (Phi) is 6.81. The normalized spacial score (nSPS) is 11.4. The van der Waals surface area contributed by atoms with Crippen LogP contribution in [-0.4, -0.2) is 28.2 Å². The maximum atomic E-state index is 13.1. The molecule has 0 unspecified atom stereocenters. The Hall–Kier alpha value is -2.09. The highest BCUT2D eigenvalue weighted by molar-refractivity contribution is 7.99. The topological polar surface area (TPSA) is 54.9 Å². The van der Waals surface area contributed by atoms with Gasteiger partial charge in [0.05, 0.1) is 11.4 Å². The number of benzene rings is 1. The molecule has 4 nitrogen and oxygen atoms in total. The predicted molar refractivity (Wildman–Crippen MR) is 91.1 cm³/mol. The molecule has 1 N–H and O–H groups in total. The van der Waals surface area contributed by atoms with E-state index in [2.05, 4.69) is 15.3 Å². The van der Waals surface area contributed by atoms with Crippen molar-refractivity contribution < 1.29 is 18.0 Å². The zero-order chi connectivity index (χ0) is 18.3. The highest BCUT2D eigenvalue weighted by atomic mass is 32.2. The minimum absolute atomic E-state index is 0.0285. The molecule has 2 rings (SSSR count). The van der Waals surface area contributed by atoms with Crippen molar-refractivity contribution in [1.29, 1.82) is 0 Å². The van der Waals surface area contributed by atoms with E-state index >= 15 is 0 Å². The number of rotatable bonds is 7. The lowest BCUT2D eigenvalue weighted by molar-refractivity contribution is -0.141. The Morgan fingerprint density at radius 1 is 1.20 bits per heavy atom. The van der Waals surface area contributed by atoms with Gasteiger partial charge in [-0.15, -0.1) is 0 Å². The fourth-order valence-corrected chi connectivity index (χ4v) is 2.67. The van der Waals surface area contributed by atoms with Gasteiger partial charge in [0.1, 0.15) is 5.69 Å².